The molecule has 2 N–H and O–H groups in total. The molecule has 1 amide bonds. The van der Waals surface area contributed by atoms with Crippen molar-refractivity contribution in [3.8, 4) is 0 Å². The lowest BCUT2D eigenvalue weighted by molar-refractivity contribution is -0.146. The zero-order valence-corrected chi connectivity index (χ0v) is 14.0. The highest BCUT2D eigenvalue weighted by Gasteiger charge is 2.28. The molecule has 0 bridgehead atoms. The van der Waals surface area contributed by atoms with E-state index in [1.165, 1.54) is 0 Å². The van der Waals surface area contributed by atoms with Crippen molar-refractivity contribution in [1.82, 2.24) is 20.1 Å². The van der Waals surface area contributed by atoms with E-state index in [1.807, 2.05) is 20.8 Å². The third-order valence-corrected chi connectivity index (χ3v) is 3.70. The van der Waals surface area contributed by atoms with E-state index in [2.05, 4.69) is 15.4 Å². The molecule has 0 fully saturated rings. The van der Waals surface area contributed by atoms with Crippen molar-refractivity contribution in [1.29, 1.82) is 0 Å². The maximum atomic E-state index is 12.5. The molecule has 0 spiro atoms. The predicted molar refractivity (Wildman–Crippen MR) is 86.4 cm³/mol. The fourth-order valence-corrected chi connectivity index (χ4v) is 2.18. The minimum atomic E-state index is -1.03. The zero-order chi connectivity index (χ0) is 17.4. The first-order valence-corrected chi connectivity index (χ1v) is 7.50. The Balaban J connectivity index is 2.36. The van der Waals surface area contributed by atoms with Gasteiger partial charge < -0.3 is 10.4 Å². The first kappa shape index (κ1) is 16.9. The van der Waals surface area contributed by atoms with E-state index in [9.17, 15) is 9.59 Å². The molecule has 2 heterocycles. The van der Waals surface area contributed by atoms with Crippen molar-refractivity contribution in [2.45, 2.75) is 40.7 Å². The van der Waals surface area contributed by atoms with Gasteiger partial charge >= 0.3 is 5.97 Å². The number of pyridine rings is 1. The molecule has 0 aliphatic heterocycles. The van der Waals surface area contributed by atoms with Crippen LogP contribution in [0.15, 0.2) is 12.3 Å². The third kappa shape index (κ3) is 3.33. The van der Waals surface area contributed by atoms with E-state index < -0.39 is 11.4 Å². The number of fused-ring (bicyclic) bond motifs is 1. The number of nitrogens with one attached hydrogen (secondary N) is 1. The maximum absolute atomic E-state index is 12.5. The third-order valence-electron chi connectivity index (χ3n) is 3.70. The molecule has 0 aliphatic rings. The monoisotopic (exact) mass is 318 g/mol. The molecular weight excluding hydrogens is 296 g/mol. The van der Waals surface area contributed by atoms with Gasteiger partial charge in [0.05, 0.1) is 22.6 Å². The molecule has 2 aromatic rings. The summed E-state index contributed by atoms with van der Waals surface area (Å²) in [7, 11) is 0. The second-order valence-electron chi connectivity index (χ2n) is 6.60. The van der Waals surface area contributed by atoms with Crippen molar-refractivity contribution >= 4 is 22.9 Å². The second kappa shape index (κ2) is 5.98. The number of aromatic nitrogens is 3. The van der Waals surface area contributed by atoms with Crippen LogP contribution < -0.4 is 5.32 Å². The highest BCUT2D eigenvalue weighted by Crippen LogP contribution is 2.21. The number of carboxylic acid groups (broad SMARTS) is 1. The van der Waals surface area contributed by atoms with Gasteiger partial charge in [-0.2, -0.15) is 5.10 Å². The summed E-state index contributed by atoms with van der Waals surface area (Å²) < 4.78 is 1.76. The Kier molecular flexibility index (Phi) is 4.40. The smallest absolute Gasteiger partial charge is 0.310 e. The van der Waals surface area contributed by atoms with Gasteiger partial charge in [0.25, 0.3) is 5.91 Å². The molecule has 0 radical (unpaired) electrons. The van der Waals surface area contributed by atoms with Crippen LogP contribution in [0.2, 0.25) is 0 Å². The molecule has 2 rings (SSSR count). The lowest BCUT2D eigenvalue weighted by Gasteiger charge is -2.19. The standard InChI is InChI=1S/C16H22N4O3/c1-9(2)20-13-12(7-18-20)11(6-10(3)19-13)14(21)17-8-16(4,5)15(22)23/h6-7,9H,8H2,1-5H3,(H,17,21)(H,22,23). The molecule has 0 saturated heterocycles. The first-order chi connectivity index (χ1) is 10.6. The Morgan fingerprint density at radius 1 is 1.39 bits per heavy atom. The van der Waals surface area contributed by atoms with Gasteiger partial charge in [0.15, 0.2) is 5.65 Å². The van der Waals surface area contributed by atoms with Crippen molar-refractivity contribution in [3.63, 3.8) is 0 Å². The van der Waals surface area contributed by atoms with Crippen LogP contribution >= 0.6 is 0 Å². The summed E-state index contributed by atoms with van der Waals surface area (Å²) in [5.41, 5.74) is 0.796. The molecule has 0 saturated carbocycles. The largest absolute Gasteiger partial charge is 0.481 e. The minimum absolute atomic E-state index is 0.0440. The Morgan fingerprint density at radius 3 is 2.61 bits per heavy atom. The van der Waals surface area contributed by atoms with E-state index in [0.29, 0.717) is 22.3 Å². The predicted octanol–water partition coefficient (Wildman–Crippen LogP) is 2.16. The van der Waals surface area contributed by atoms with E-state index in [0.717, 1.165) is 0 Å². The van der Waals surface area contributed by atoms with Gasteiger partial charge in [0.2, 0.25) is 0 Å². The maximum Gasteiger partial charge on any atom is 0.310 e. The van der Waals surface area contributed by atoms with Crippen LogP contribution in [-0.2, 0) is 4.79 Å². The molecule has 0 atom stereocenters. The number of carbonyl (C=O) groups is 2. The molecule has 7 nitrogen and oxygen atoms in total. The van der Waals surface area contributed by atoms with Crippen LogP contribution in [-0.4, -0.2) is 38.3 Å². The molecule has 7 heteroatoms. The van der Waals surface area contributed by atoms with Crippen LogP contribution in [0.1, 0.15) is 49.8 Å². The van der Waals surface area contributed by atoms with Crippen molar-refractivity contribution in [3.05, 3.63) is 23.5 Å². The highest BCUT2D eigenvalue weighted by molar-refractivity contribution is 6.05. The van der Waals surface area contributed by atoms with Gasteiger partial charge in [0, 0.05) is 18.3 Å². The Morgan fingerprint density at radius 2 is 2.04 bits per heavy atom. The lowest BCUT2D eigenvalue weighted by atomic mass is 9.94. The van der Waals surface area contributed by atoms with Crippen LogP contribution in [0.25, 0.3) is 11.0 Å². The normalized spacial score (nSPS) is 11.9. The SMILES string of the molecule is Cc1cc(C(=O)NCC(C)(C)C(=O)O)c2cnn(C(C)C)c2n1. The number of aryl methyl sites for hydroxylation is 1. The Labute approximate surface area is 134 Å². The first-order valence-electron chi connectivity index (χ1n) is 7.50. The molecule has 0 aromatic carbocycles. The number of aliphatic carboxylic acids is 1. The summed E-state index contributed by atoms with van der Waals surface area (Å²) >= 11 is 0. The fraction of sp³-hybridized carbons (Fsp3) is 0.500. The average molecular weight is 318 g/mol. The summed E-state index contributed by atoms with van der Waals surface area (Å²) in [6.45, 7) is 8.98. The summed E-state index contributed by atoms with van der Waals surface area (Å²) in [4.78, 5) is 28.1. The summed E-state index contributed by atoms with van der Waals surface area (Å²) in [5, 5.41) is 16.8. The van der Waals surface area contributed by atoms with Crippen LogP contribution in [0.4, 0.5) is 0 Å². The number of hydrogen-bond acceptors (Lipinski definition) is 4. The van der Waals surface area contributed by atoms with Crippen LogP contribution in [0.3, 0.4) is 0 Å². The van der Waals surface area contributed by atoms with Crippen LogP contribution in [0.5, 0.6) is 0 Å². The summed E-state index contributed by atoms with van der Waals surface area (Å²) in [5.74, 6) is -1.28. The van der Waals surface area contributed by atoms with Crippen molar-refractivity contribution < 1.29 is 14.7 Å². The molecule has 124 valence electrons. The van der Waals surface area contributed by atoms with Gasteiger partial charge in [-0.25, -0.2) is 9.67 Å². The molecule has 0 aliphatic carbocycles. The number of rotatable bonds is 5. The van der Waals surface area contributed by atoms with Gasteiger partial charge in [-0.1, -0.05) is 0 Å². The Hall–Kier alpha value is -2.44. The van der Waals surface area contributed by atoms with Gasteiger partial charge in [-0.15, -0.1) is 0 Å². The van der Waals surface area contributed by atoms with Crippen molar-refractivity contribution in [2.75, 3.05) is 6.54 Å². The number of amides is 1. The van der Waals surface area contributed by atoms with Gasteiger partial charge in [0.1, 0.15) is 0 Å². The molecular formula is C16H22N4O3. The highest BCUT2D eigenvalue weighted by atomic mass is 16.4. The zero-order valence-electron chi connectivity index (χ0n) is 14.0. The summed E-state index contributed by atoms with van der Waals surface area (Å²) in [6.07, 6.45) is 1.62. The number of nitrogens with zero attached hydrogens (tertiary/aromatic N) is 3. The number of carbonyl (C=O) groups excluding carboxylic acids is 1. The van der Waals surface area contributed by atoms with Crippen LogP contribution in [0, 0.1) is 12.3 Å². The van der Waals surface area contributed by atoms with E-state index in [4.69, 9.17) is 5.11 Å². The topological polar surface area (TPSA) is 97.1 Å². The number of hydrogen-bond donors (Lipinski definition) is 2. The quantitative estimate of drug-likeness (QED) is 0.880. The summed E-state index contributed by atoms with van der Waals surface area (Å²) in [6, 6.07) is 1.82. The Bertz CT molecular complexity index is 762. The van der Waals surface area contributed by atoms with Gasteiger partial charge in [-0.3, -0.25) is 9.59 Å². The molecule has 0 unspecified atom stereocenters. The minimum Gasteiger partial charge on any atom is -0.481 e. The fourth-order valence-electron chi connectivity index (χ4n) is 2.18. The molecule has 2 aromatic heterocycles. The molecule has 23 heavy (non-hydrogen) atoms. The average Bonchev–Trinajstić information content (AvgIpc) is 2.87. The second-order valence-corrected chi connectivity index (χ2v) is 6.60. The lowest BCUT2D eigenvalue weighted by Crippen LogP contribution is -2.39. The van der Waals surface area contributed by atoms with E-state index in [1.54, 1.807) is 30.8 Å². The number of carboxylic acids is 1. The van der Waals surface area contributed by atoms with Gasteiger partial charge in [-0.05, 0) is 40.7 Å². The van der Waals surface area contributed by atoms with Crippen molar-refractivity contribution in [2.24, 2.45) is 5.41 Å². The van der Waals surface area contributed by atoms with E-state index >= 15 is 0 Å². The van der Waals surface area contributed by atoms with E-state index in [-0.39, 0.29) is 18.5 Å².